The molecule has 1 unspecified atom stereocenters. The molecule has 0 bridgehead atoms. The van der Waals surface area contributed by atoms with Crippen molar-refractivity contribution < 1.29 is 4.79 Å². The molecule has 2 N–H and O–H groups in total. The van der Waals surface area contributed by atoms with E-state index in [0.717, 1.165) is 4.83 Å². The number of aromatic nitrogens is 2. The lowest BCUT2D eigenvalue weighted by molar-refractivity contribution is -0.123. The zero-order chi connectivity index (χ0) is 12.6. The van der Waals surface area contributed by atoms with Crippen LogP contribution in [-0.2, 0) is 4.79 Å². The number of nitrogens with one attached hydrogen (secondary N) is 2. The third kappa shape index (κ3) is 1.91. The molecule has 0 fully saturated rings. The standard InChI is InChI=1S/C10H11N3O2S2/c1-5(7(14)11-2)13-9(15)6-3-4-17-8(6)12-10(13)16/h3-5H,1-2H3,(H,11,14)(H,12,16). The molecule has 5 nitrogen and oxygen atoms in total. The smallest absolute Gasteiger partial charge is 0.263 e. The van der Waals surface area contributed by atoms with Crippen LogP contribution < -0.4 is 10.9 Å². The summed E-state index contributed by atoms with van der Waals surface area (Å²) in [6, 6.07) is 1.10. The average molecular weight is 269 g/mol. The molecular weight excluding hydrogens is 258 g/mol. The topological polar surface area (TPSA) is 66.9 Å². The largest absolute Gasteiger partial charge is 0.357 e. The lowest BCUT2D eigenvalue weighted by Crippen LogP contribution is -2.34. The molecule has 2 rings (SSSR count). The second-order valence-electron chi connectivity index (χ2n) is 3.56. The number of amides is 1. The molecular formula is C10H11N3O2S2. The van der Waals surface area contributed by atoms with Gasteiger partial charge in [0.25, 0.3) is 5.56 Å². The van der Waals surface area contributed by atoms with Crippen molar-refractivity contribution in [2.75, 3.05) is 7.05 Å². The third-order valence-corrected chi connectivity index (χ3v) is 3.70. The molecule has 7 heteroatoms. The number of carbonyl (C=O) groups is 1. The summed E-state index contributed by atoms with van der Waals surface area (Å²) >= 11 is 6.52. The van der Waals surface area contributed by atoms with Gasteiger partial charge in [-0.05, 0) is 30.6 Å². The van der Waals surface area contributed by atoms with Gasteiger partial charge < -0.3 is 10.3 Å². The first-order valence-corrected chi connectivity index (χ1v) is 6.28. The lowest BCUT2D eigenvalue weighted by atomic mass is 10.3. The monoisotopic (exact) mass is 269 g/mol. The van der Waals surface area contributed by atoms with Crippen LogP contribution in [0.1, 0.15) is 13.0 Å². The number of fused-ring (bicyclic) bond motifs is 1. The zero-order valence-electron chi connectivity index (χ0n) is 9.31. The molecule has 0 aliphatic heterocycles. The van der Waals surface area contributed by atoms with Gasteiger partial charge >= 0.3 is 0 Å². The van der Waals surface area contributed by atoms with Crippen molar-refractivity contribution in [2.24, 2.45) is 0 Å². The Hall–Kier alpha value is -1.47. The Morgan fingerprint density at radius 1 is 1.65 bits per heavy atom. The number of likely N-dealkylation sites (N-methyl/N-ethyl adjacent to an activating group) is 1. The summed E-state index contributed by atoms with van der Waals surface area (Å²) in [5.74, 6) is -0.249. The molecule has 1 amide bonds. The number of rotatable bonds is 2. The Labute approximate surface area is 106 Å². The fourth-order valence-electron chi connectivity index (χ4n) is 1.63. The number of H-pyrrole nitrogens is 1. The van der Waals surface area contributed by atoms with Crippen molar-refractivity contribution in [1.82, 2.24) is 14.9 Å². The molecule has 0 saturated carbocycles. The number of aromatic amines is 1. The molecule has 90 valence electrons. The first-order chi connectivity index (χ1) is 8.06. The molecule has 0 aliphatic carbocycles. The Morgan fingerprint density at radius 3 is 3.00 bits per heavy atom. The molecule has 0 radical (unpaired) electrons. The van der Waals surface area contributed by atoms with E-state index in [2.05, 4.69) is 10.3 Å². The van der Waals surface area contributed by atoms with Crippen molar-refractivity contribution in [2.45, 2.75) is 13.0 Å². The van der Waals surface area contributed by atoms with Crippen molar-refractivity contribution >= 4 is 39.7 Å². The molecule has 0 saturated heterocycles. The maximum atomic E-state index is 12.2. The lowest BCUT2D eigenvalue weighted by Gasteiger charge is -2.13. The van der Waals surface area contributed by atoms with Crippen molar-refractivity contribution in [3.05, 3.63) is 26.6 Å². The van der Waals surface area contributed by atoms with Gasteiger partial charge in [0.15, 0.2) is 4.77 Å². The summed E-state index contributed by atoms with van der Waals surface area (Å²) in [6.07, 6.45) is 0. The highest BCUT2D eigenvalue weighted by Gasteiger charge is 2.17. The average Bonchev–Trinajstić information content (AvgIpc) is 2.75. The van der Waals surface area contributed by atoms with Crippen LogP contribution in [0.4, 0.5) is 0 Å². The number of hydrogen-bond donors (Lipinski definition) is 2. The van der Waals surface area contributed by atoms with E-state index in [9.17, 15) is 9.59 Å². The summed E-state index contributed by atoms with van der Waals surface area (Å²) in [5, 5.41) is 4.87. The van der Waals surface area contributed by atoms with E-state index in [1.807, 2.05) is 5.38 Å². The van der Waals surface area contributed by atoms with Crippen molar-refractivity contribution in [3.63, 3.8) is 0 Å². The van der Waals surface area contributed by atoms with Gasteiger partial charge in [-0.2, -0.15) is 0 Å². The molecule has 17 heavy (non-hydrogen) atoms. The number of nitrogens with zero attached hydrogens (tertiary/aromatic N) is 1. The highest BCUT2D eigenvalue weighted by Crippen LogP contribution is 2.15. The highest BCUT2D eigenvalue weighted by atomic mass is 32.1. The second-order valence-corrected chi connectivity index (χ2v) is 4.86. The fourth-order valence-corrected chi connectivity index (χ4v) is 2.82. The summed E-state index contributed by atoms with van der Waals surface area (Å²) in [4.78, 5) is 27.4. The number of hydrogen-bond acceptors (Lipinski definition) is 4. The molecule has 1 atom stereocenters. The van der Waals surface area contributed by atoms with Gasteiger partial charge in [0.1, 0.15) is 10.9 Å². The molecule has 0 aliphatic rings. The highest BCUT2D eigenvalue weighted by molar-refractivity contribution is 7.71. The molecule has 2 heterocycles. The summed E-state index contributed by atoms with van der Waals surface area (Å²) < 4.78 is 1.56. The van der Waals surface area contributed by atoms with E-state index < -0.39 is 6.04 Å². The van der Waals surface area contributed by atoms with Crippen LogP contribution in [0.5, 0.6) is 0 Å². The van der Waals surface area contributed by atoms with Gasteiger partial charge in [-0.1, -0.05) is 0 Å². The zero-order valence-corrected chi connectivity index (χ0v) is 10.9. The Bertz CT molecular complexity index is 683. The van der Waals surface area contributed by atoms with Gasteiger partial charge in [0, 0.05) is 7.05 Å². The van der Waals surface area contributed by atoms with Gasteiger partial charge in [0.05, 0.1) is 5.39 Å². The maximum Gasteiger partial charge on any atom is 0.263 e. The van der Waals surface area contributed by atoms with Crippen LogP contribution in [0.25, 0.3) is 10.2 Å². The third-order valence-electron chi connectivity index (χ3n) is 2.57. The van der Waals surface area contributed by atoms with Crippen molar-refractivity contribution in [1.29, 1.82) is 0 Å². The normalized spacial score (nSPS) is 12.6. The van der Waals surface area contributed by atoms with Crippen LogP contribution in [0, 0.1) is 4.77 Å². The number of thiophene rings is 1. The van der Waals surface area contributed by atoms with Gasteiger partial charge in [-0.15, -0.1) is 11.3 Å². The van der Waals surface area contributed by atoms with Gasteiger partial charge in [-0.3, -0.25) is 14.2 Å². The Kier molecular flexibility index (Phi) is 3.12. The van der Waals surface area contributed by atoms with Crippen LogP contribution >= 0.6 is 23.6 Å². The molecule has 0 aromatic carbocycles. The Morgan fingerprint density at radius 2 is 2.35 bits per heavy atom. The maximum absolute atomic E-state index is 12.2. The molecule has 2 aromatic rings. The quantitative estimate of drug-likeness (QED) is 0.810. The van der Waals surface area contributed by atoms with Gasteiger partial charge in [-0.25, -0.2) is 0 Å². The number of carbonyl (C=O) groups excluding carboxylic acids is 1. The minimum atomic E-state index is -0.624. The van der Waals surface area contributed by atoms with E-state index >= 15 is 0 Å². The molecule has 2 aromatic heterocycles. The van der Waals surface area contributed by atoms with E-state index in [0.29, 0.717) is 5.39 Å². The summed E-state index contributed by atoms with van der Waals surface area (Å²) in [5.41, 5.74) is -0.235. The van der Waals surface area contributed by atoms with Crippen LogP contribution in [0.2, 0.25) is 0 Å². The van der Waals surface area contributed by atoms with E-state index in [1.165, 1.54) is 23.0 Å². The molecule has 0 spiro atoms. The van der Waals surface area contributed by atoms with E-state index in [4.69, 9.17) is 12.2 Å². The Balaban J connectivity index is 2.73. The van der Waals surface area contributed by atoms with Crippen LogP contribution in [-0.4, -0.2) is 22.5 Å². The minimum Gasteiger partial charge on any atom is -0.357 e. The van der Waals surface area contributed by atoms with Crippen molar-refractivity contribution in [3.8, 4) is 0 Å². The van der Waals surface area contributed by atoms with Gasteiger partial charge in [0.2, 0.25) is 5.91 Å². The van der Waals surface area contributed by atoms with E-state index in [1.54, 1.807) is 13.0 Å². The summed E-state index contributed by atoms with van der Waals surface area (Å²) in [6.45, 7) is 1.64. The predicted molar refractivity (Wildman–Crippen MR) is 70.0 cm³/mol. The minimum absolute atomic E-state index is 0.235. The first kappa shape index (κ1) is 12.0. The second kappa shape index (κ2) is 4.42. The van der Waals surface area contributed by atoms with E-state index in [-0.39, 0.29) is 16.2 Å². The van der Waals surface area contributed by atoms with Crippen LogP contribution in [0.15, 0.2) is 16.2 Å². The predicted octanol–water partition coefficient (Wildman–Crippen LogP) is 1.43. The van der Waals surface area contributed by atoms with Crippen LogP contribution in [0.3, 0.4) is 0 Å². The SMILES string of the molecule is CNC(=O)C(C)n1c(=S)[nH]c2sccc2c1=O. The fraction of sp³-hybridized carbons (Fsp3) is 0.300. The summed E-state index contributed by atoms with van der Waals surface area (Å²) in [7, 11) is 1.53. The first-order valence-electron chi connectivity index (χ1n) is 5.00.